The highest BCUT2D eigenvalue weighted by atomic mass is 16.4. The molecule has 40 heavy (non-hydrogen) atoms. The van der Waals surface area contributed by atoms with Crippen molar-refractivity contribution in [3.63, 3.8) is 0 Å². The number of aromatic carboxylic acids is 1. The molecule has 0 spiro atoms. The number of fused-ring (bicyclic) bond motifs is 1. The number of nitrogens with zero attached hydrogens (tertiary/aromatic N) is 1. The number of ketones is 1. The van der Waals surface area contributed by atoms with Gasteiger partial charge in [0.05, 0.1) is 5.56 Å². The number of hydrogen-bond acceptors (Lipinski definition) is 3. The Labute approximate surface area is 239 Å². The lowest BCUT2D eigenvalue weighted by Gasteiger charge is -2.44. The molecule has 0 aromatic heterocycles. The minimum Gasteiger partial charge on any atom is -0.478 e. The second-order valence-corrected chi connectivity index (χ2v) is 13.5. The van der Waals surface area contributed by atoms with E-state index in [9.17, 15) is 9.59 Å². The van der Waals surface area contributed by atoms with Gasteiger partial charge in [-0.15, -0.1) is 0 Å². The van der Waals surface area contributed by atoms with Crippen molar-refractivity contribution in [3.8, 4) is 0 Å². The van der Waals surface area contributed by atoms with E-state index in [1.54, 1.807) is 36.4 Å². The number of carboxylic acids is 1. The van der Waals surface area contributed by atoms with Crippen LogP contribution < -0.4 is 4.90 Å². The monoisotopic (exact) mass is 537 g/mol. The van der Waals surface area contributed by atoms with Gasteiger partial charge in [0.2, 0.25) is 0 Å². The van der Waals surface area contributed by atoms with E-state index in [2.05, 4.69) is 96.9 Å². The minimum absolute atomic E-state index is 0.0222. The van der Waals surface area contributed by atoms with Gasteiger partial charge in [0, 0.05) is 25.3 Å². The molecule has 3 aromatic carbocycles. The summed E-state index contributed by atoms with van der Waals surface area (Å²) in [6.45, 7) is 13.9. The molecule has 0 saturated carbocycles. The lowest BCUT2D eigenvalue weighted by atomic mass is 9.60. The molecule has 0 bridgehead atoms. The third kappa shape index (κ3) is 6.06. The van der Waals surface area contributed by atoms with Gasteiger partial charge in [0.25, 0.3) is 0 Å². The van der Waals surface area contributed by atoms with Crippen LogP contribution in [0.1, 0.15) is 103 Å². The zero-order chi connectivity index (χ0) is 29.5. The molecule has 210 valence electrons. The van der Waals surface area contributed by atoms with Gasteiger partial charge in [0.1, 0.15) is 0 Å². The second kappa shape index (κ2) is 10.7. The van der Waals surface area contributed by atoms with Gasteiger partial charge < -0.3 is 10.0 Å². The Kier molecular flexibility index (Phi) is 7.86. The highest BCUT2D eigenvalue weighted by molar-refractivity contribution is 6.07. The van der Waals surface area contributed by atoms with Crippen LogP contribution in [-0.4, -0.2) is 31.0 Å². The summed E-state index contributed by atoms with van der Waals surface area (Å²) in [4.78, 5) is 26.8. The number of allylic oxidation sites excluding steroid dienone is 1. The van der Waals surface area contributed by atoms with Crippen molar-refractivity contribution in [1.82, 2.24) is 0 Å². The van der Waals surface area contributed by atoms with Crippen LogP contribution >= 0.6 is 0 Å². The fourth-order valence-corrected chi connectivity index (χ4v) is 6.00. The molecule has 0 radical (unpaired) electrons. The fraction of sp³-hybridized carbons (Fsp3) is 0.389. The molecule has 0 atom stereocenters. The fourth-order valence-electron chi connectivity index (χ4n) is 6.00. The highest BCUT2D eigenvalue weighted by Crippen LogP contribution is 2.48. The maximum absolute atomic E-state index is 13.6. The first-order valence-corrected chi connectivity index (χ1v) is 14.1. The normalized spacial score (nSPS) is 16.0. The van der Waals surface area contributed by atoms with E-state index in [0.29, 0.717) is 5.56 Å². The molecule has 4 heteroatoms. The Balaban J connectivity index is 1.76. The zero-order valence-corrected chi connectivity index (χ0v) is 25.3. The summed E-state index contributed by atoms with van der Waals surface area (Å²) < 4.78 is 0. The van der Waals surface area contributed by atoms with Gasteiger partial charge in [-0.25, -0.2) is 4.79 Å². The smallest absolute Gasteiger partial charge is 0.335 e. The average Bonchev–Trinajstić information content (AvgIpc) is 2.89. The van der Waals surface area contributed by atoms with Gasteiger partial charge in [-0.2, -0.15) is 0 Å². The first-order chi connectivity index (χ1) is 18.6. The third-order valence-electron chi connectivity index (χ3n) is 8.67. The van der Waals surface area contributed by atoms with Crippen molar-refractivity contribution in [2.45, 2.75) is 77.0 Å². The second-order valence-electron chi connectivity index (χ2n) is 13.5. The first-order valence-electron chi connectivity index (χ1n) is 14.1. The van der Waals surface area contributed by atoms with Crippen LogP contribution in [0.25, 0.3) is 6.08 Å². The quantitative estimate of drug-likeness (QED) is 0.232. The van der Waals surface area contributed by atoms with Gasteiger partial charge in [-0.3, -0.25) is 4.79 Å². The van der Waals surface area contributed by atoms with E-state index in [4.69, 9.17) is 5.11 Å². The average molecular weight is 538 g/mol. The SMILES string of the molecule is CN(C)c1ccc(C(C)(C)Cc2cc(C(=O)/C=C/c3ccc(C(=O)O)cc3)cc3c2C(C)(C)CCC3(C)C)cc1. The number of rotatable bonds is 8. The Morgan fingerprint density at radius 3 is 2.05 bits per heavy atom. The lowest BCUT2D eigenvalue weighted by molar-refractivity contribution is 0.0696. The molecular formula is C36H43NO3. The van der Waals surface area contributed by atoms with Crippen molar-refractivity contribution >= 4 is 23.5 Å². The van der Waals surface area contributed by atoms with E-state index >= 15 is 0 Å². The molecule has 0 aliphatic heterocycles. The summed E-state index contributed by atoms with van der Waals surface area (Å²) in [5.41, 5.74) is 7.98. The van der Waals surface area contributed by atoms with E-state index in [1.165, 1.54) is 27.9 Å². The standard InChI is InChI=1S/C36H43NO3/c1-34(2)19-20-35(3,4)32-27(23-36(5,6)28-14-16-29(17-15-28)37(7)8)21-26(22-30(32)34)31(38)18-11-24-9-12-25(13-10-24)33(39)40/h9-18,21-22H,19-20,23H2,1-8H3,(H,39,40)/b18-11+. The van der Waals surface area contributed by atoms with Gasteiger partial charge in [-0.1, -0.05) is 71.9 Å². The van der Waals surface area contributed by atoms with Crippen molar-refractivity contribution in [1.29, 1.82) is 0 Å². The van der Waals surface area contributed by atoms with Gasteiger partial charge >= 0.3 is 5.97 Å². The number of anilines is 1. The van der Waals surface area contributed by atoms with Crippen LogP contribution in [-0.2, 0) is 22.7 Å². The predicted molar refractivity (Wildman–Crippen MR) is 166 cm³/mol. The van der Waals surface area contributed by atoms with Crippen molar-refractivity contribution < 1.29 is 14.7 Å². The molecule has 0 saturated heterocycles. The molecule has 1 aliphatic carbocycles. The zero-order valence-electron chi connectivity index (χ0n) is 25.3. The van der Waals surface area contributed by atoms with Crippen LogP contribution in [0, 0.1) is 0 Å². The molecule has 3 aromatic rings. The van der Waals surface area contributed by atoms with Crippen LogP contribution in [0.15, 0.2) is 66.7 Å². The summed E-state index contributed by atoms with van der Waals surface area (Å²) in [5.74, 6) is -1.01. The van der Waals surface area contributed by atoms with Crippen LogP contribution in [0.3, 0.4) is 0 Å². The number of benzene rings is 3. The Bertz CT molecular complexity index is 1440. The molecule has 0 amide bonds. The van der Waals surface area contributed by atoms with E-state index in [0.717, 1.165) is 24.8 Å². The Morgan fingerprint density at radius 2 is 1.48 bits per heavy atom. The molecule has 4 rings (SSSR count). The Hall–Kier alpha value is -3.66. The number of carbonyl (C=O) groups is 2. The maximum Gasteiger partial charge on any atom is 0.335 e. The van der Waals surface area contributed by atoms with Crippen molar-refractivity contribution in [2.24, 2.45) is 0 Å². The third-order valence-corrected chi connectivity index (χ3v) is 8.67. The van der Waals surface area contributed by atoms with E-state index in [1.807, 2.05) is 0 Å². The van der Waals surface area contributed by atoms with Crippen LogP contribution in [0.4, 0.5) is 5.69 Å². The topological polar surface area (TPSA) is 57.6 Å². The van der Waals surface area contributed by atoms with E-state index in [-0.39, 0.29) is 27.6 Å². The summed E-state index contributed by atoms with van der Waals surface area (Å²) in [7, 11) is 4.11. The number of carboxylic acid groups (broad SMARTS) is 1. The maximum atomic E-state index is 13.6. The Morgan fingerprint density at radius 1 is 0.875 bits per heavy atom. The van der Waals surface area contributed by atoms with Gasteiger partial charge in [0.15, 0.2) is 5.78 Å². The lowest BCUT2D eigenvalue weighted by Crippen LogP contribution is -2.36. The molecule has 0 fully saturated rings. The van der Waals surface area contributed by atoms with E-state index < -0.39 is 5.97 Å². The predicted octanol–water partition coefficient (Wildman–Crippen LogP) is 8.22. The largest absolute Gasteiger partial charge is 0.478 e. The molecule has 0 unspecified atom stereocenters. The van der Waals surface area contributed by atoms with Crippen LogP contribution in [0.2, 0.25) is 0 Å². The highest BCUT2D eigenvalue weighted by Gasteiger charge is 2.40. The number of hydrogen-bond donors (Lipinski definition) is 1. The molecular weight excluding hydrogens is 494 g/mol. The van der Waals surface area contributed by atoms with Crippen molar-refractivity contribution in [3.05, 3.63) is 106 Å². The number of carbonyl (C=O) groups excluding carboxylic acids is 1. The van der Waals surface area contributed by atoms with Crippen LogP contribution in [0.5, 0.6) is 0 Å². The molecule has 1 aliphatic rings. The van der Waals surface area contributed by atoms with Gasteiger partial charge in [-0.05, 0) is 106 Å². The summed E-state index contributed by atoms with van der Waals surface area (Å²) in [6, 6.07) is 19.6. The molecule has 4 nitrogen and oxygen atoms in total. The summed E-state index contributed by atoms with van der Waals surface area (Å²) >= 11 is 0. The molecule has 1 N–H and O–H groups in total. The summed E-state index contributed by atoms with van der Waals surface area (Å²) in [6.07, 6.45) is 6.38. The first kappa shape index (κ1) is 29.3. The minimum atomic E-state index is -0.963. The summed E-state index contributed by atoms with van der Waals surface area (Å²) in [5, 5.41) is 9.16. The van der Waals surface area contributed by atoms with Crippen molar-refractivity contribution in [2.75, 3.05) is 19.0 Å². The molecule has 0 heterocycles.